The van der Waals surface area contributed by atoms with Gasteiger partial charge in [0.25, 0.3) is 11.8 Å². The van der Waals surface area contributed by atoms with Crippen molar-refractivity contribution in [3.8, 4) is 0 Å². The summed E-state index contributed by atoms with van der Waals surface area (Å²) in [6.07, 6.45) is 8.42. The standard InChI is InChI=1S/C21H32N4O3/c1-3-5-11-21(12-6-4-2)19(27)25(20(22)23-21)16-9-13-24(14-10-16)18(26)17-8-7-15-28-17/h7-8,15-16H,3-6,9-14H2,1-2H3,(H2,22,23). The van der Waals surface area contributed by atoms with E-state index in [0.717, 1.165) is 38.5 Å². The van der Waals surface area contributed by atoms with E-state index >= 15 is 0 Å². The Bertz CT molecular complexity index is 685. The molecular weight excluding hydrogens is 356 g/mol. The van der Waals surface area contributed by atoms with Crippen LogP contribution in [0.2, 0.25) is 0 Å². The lowest BCUT2D eigenvalue weighted by molar-refractivity contribution is -0.133. The van der Waals surface area contributed by atoms with Gasteiger partial charge in [-0.15, -0.1) is 0 Å². The van der Waals surface area contributed by atoms with Crippen molar-refractivity contribution < 1.29 is 14.0 Å². The van der Waals surface area contributed by atoms with E-state index in [0.29, 0.717) is 31.7 Å². The summed E-state index contributed by atoms with van der Waals surface area (Å²) in [5, 5.41) is 11.7. The molecule has 0 aromatic carbocycles. The number of hydrogen-bond acceptors (Lipinski definition) is 4. The average molecular weight is 389 g/mol. The number of carbonyl (C=O) groups is 2. The number of piperidine rings is 1. The van der Waals surface area contributed by atoms with Crippen LogP contribution in [0.5, 0.6) is 0 Å². The van der Waals surface area contributed by atoms with Crippen LogP contribution in [0, 0.1) is 5.41 Å². The molecule has 2 fully saturated rings. The number of furan rings is 1. The maximum Gasteiger partial charge on any atom is 0.289 e. The Hall–Kier alpha value is -2.31. The fourth-order valence-corrected chi connectivity index (χ4v) is 4.33. The fraction of sp³-hybridized carbons (Fsp3) is 0.667. The maximum absolute atomic E-state index is 13.4. The van der Waals surface area contributed by atoms with E-state index in [1.165, 1.54) is 6.26 Å². The summed E-state index contributed by atoms with van der Waals surface area (Å²) in [5.74, 6) is 0.524. The minimum Gasteiger partial charge on any atom is -0.459 e. The number of carbonyl (C=O) groups excluding carboxylic acids is 2. The van der Waals surface area contributed by atoms with Crippen LogP contribution in [0.4, 0.5) is 0 Å². The molecule has 0 atom stereocenters. The number of nitrogens with zero attached hydrogens (tertiary/aromatic N) is 2. The van der Waals surface area contributed by atoms with E-state index in [-0.39, 0.29) is 23.8 Å². The number of amides is 2. The number of nitrogens with one attached hydrogen (secondary N) is 2. The third-order valence-electron chi connectivity index (χ3n) is 5.99. The Labute approximate surface area is 166 Å². The first-order valence-electron chi connectivity index (χ1n) is 10.6. The fourth-order valence-electron chi connectivity index (χ4n) is 4.33. The first-order valence-corrected chi connectivity index (χ1v) is 10.6. The van der Waals surface area contributed by atoms with Gasteiger partial charge in [-0.05, 0) is 37.8 Å². The van der Waals surface area contributed by atoms with E-state index in [1.54, 1.807) is 21.9 Å². The highest BCUT2D eigenvalue weighted by Gasteiger charge is 2.50. The summed E-state index contributed by atoms with van der Waals surface area (Å²) in [6.45, 7) is 5.39. The van der Waals surface area contributed by atoms with E-state index in [4.69, 9.17) is 9.83 Å². The molecule has 3 heterocycles. The number of likely N-dealkylation sites (tertiary alicyclic amines) is 1. The molecule has 28 heavy (non-hydrogen) atoms. The number of rotatable bonds is 8. The second kappa shape index (κ2) is 8.80. The van der Waals surface area contributed by atoms with E-state index in [2.05, 4.69) is 19.2 Å². The average Bonchev–Trinajstić information content (AvgIpc) is 3.32. The Kier molecular flexibility index (Phi) is 6.42. The highest BCUT2D eigenvalue weighted by atomic mass is 16.3. The molecule has 7 nitrogen and oxygen atoms in total. The van der Waals surface area contributed by atoms with Crippen molar-refractivity contribution in [3.63, 3.8) is 0 Å². The molecule has 0 radical (unpaired) electrons. The van der Waals surface area contributed by atoms with Crippen LogP contribution in [0.3, 0.4) is 0 Å². The molecule has 0 aliphatic carbocycles. The maximum atomic E-state index is 13.4. The van der Waals surface area contributed by atoms with Gasteiger partial charge in [0.15, 0.2) is 11.7 Å². The summed E-state index contributed by atoms with van der Waals surface area (Å²) in [5.41, 5.74) is -0.621. The highest BCUT2D eigenvalue weighted by molar-refractivity contribution is 6.08. The Balaban J connectivity index is 1.66. The van der Waals surface area contributed by atoms with Gasteiger partial charge >= 0.3 is 0 Å². The van der Waals surface area contributed by atoms with E-state index < -0.39 is 5.54 Å². The Morgan fingerprint density at radius 1 is 1.25 bits per heavy atom. The van der Waals surface area contributed by atoms with Crippen molar-refractivity contribution in [1.29, 1.82) is 5.41 Å². The van der Waals surface area contributed by atoms with Crippen LogP contribution in [0.15, 0.2) is 22.8 Å². The van der Waals surface area contributed by atoms with Crippen LogP contribution in [0.1, 0.15) is 75.8 Å². The monoisotopic (exact) mass is 388 g/mol. The van der Waals surface area contributed by atoms with E-state index in [9.17, 15) is 9.59 Å². The SMILES string of the molecule is CCCCC1(CCCC)NC(=N)N(C2CCN(C(=O)c3ccco3)CC2)C1=O. The van der Waals surface area contributed by atoms with Gasteiger partial charge in [0.05, 0.1) is 6.26 Å². The first-order chi connectivity index (χ1) is 13.5. The molecule has 0 saturated carbocycles. The van der Waals surface area contributed by atoms with Crippen LogP contribution >= 0.6 is 0 Å². The molecule has 0 bridgehead atoms. The van der Waals surface area contributed by atoms with Gasteiger partial charge in [-0.1, -0.05) is 39.5 Å². The Morgan fingerprint density at radius 2 is 1.89 bits per heavy atom. The van der Waals surface area contributed by atoms with Crippen molar-refractivity contribution in [2.24, 2.45) is 0 Å². The highest BCUT2D eigenvalue weighted by Crippen LogP contribution is 2.32. The molecule has 2 N–H and O–H groups in total. The van der Waals surface area contributed by atoms with Gasteiger partial charge in [0.2, 0.25) is 0 Å². The van der Waals surface area contributed by atoms with Gasteiger partial charge in [0, 0.05) is 19.1 Å². The number of guanidine groups is 1. The van der Waals surface area contributed by atoms with Crippen molar-refractivity contribution in [2.75, 3.05) is 13.1 Å². The predicted molar refractivity (Wildman–Crippen MR) is 107 cm³/mol. The predicted octanol–water partition coefficient (Wildman–Crippen LogP) is 3.37. The molecule has 1 aromatic heterocycles. The molecule has 154 valence electrons. The van der Waals surface area contributed by atoms with Crippen molar-refractivity contribution in [2.45, 2.75) is 76.8 Å². The van der Waals surface area contributed by atoms with Crippen molar-refractivity contribution >= 4 is 17.8 Å². The lowest BCUT2D eigenvalue weighted by atomic mass is 9.86. The third-order valence-corrected chi connectivity index (χ3v) is 5.99. The zero-order valence-corrected chi connectivity index (χ0v) is 17.0. The summed E-state index contributed by atoms with van der Waals surface area (Å²) < 4.78 is 5.21. The quantitative estimate of drug-likeness (QED) is 0.714. The summed E-state index contributed by atoms with van der Waals surface area (Å²) in [4.78, 5) is 29.3. The molecule has 7 heteroatoms. The minimum atomic E-state index is -0.621. The molecule has 2 amide bonds. The zero-order valence-electron chi connectivity index (χ0n) is 17.0. The van der Waals surface area contributed by atoms with Crippen LogP contribution in [-0.4, -0.2) is 52.2 Å². The van der Waals surface area contributed by atoms with Gasteiger partial charge in [-0.25, -0.2) is 0 Å². The summed E-state index contributed by atoms with van der Waals surface area (Å²) >= 11 is 0. The lowest BCUT2D eigenvalue weighted by Gasteiger charge is -2.36. The van der Waals surface area contributed by atoms with Crippen LogP contribution in [-0.2, 0) is 4.79 Å². The topological polar surface area (TPSA) is 89.6 Å². The number of hydrogen-bond donors (Lipinski definition) is 2. The van der Waals surface area contributed by atoms with Crippen molar-refractivity contribution in [3.05, 3.63) is 24.2 Å². The first kappa shape index (κ1) is 20.4. The van der Waals surface area contributed by atoms with E-state index in [1.807, 2.05) is 0 Å². The van der Waals surface area contributed by atoms with Crippen molar-refractivity contribution in [1.82, 2.24) is 15.1 Å². The minimum absolute atomic E-state index is 0.0294. The summed E-state index contributed by atoms with van der Waals surface area (Å²) in [6, 6.07) is 3.36. The Morgan fingerprint density at radius 3 is 2.43 bits per heavy atom. The van der Waals surface area contributed by atoms with Gasteiger partial charge < -0.3 is 14.6 Å². The van der Waals surface area contributed by atoms with Gasteiger partial charge in [-0.2, -0.15) is 0 Å². The second-order valence-corrected chi connectivity index (χ2v) is 7.94. The second-order valence-electron chi connectivity index (χ2n) is 7.94. The third kappa shape index (κ3) is 3.93. The van der Waals surface area contributed by atoms with Crippen LogP contribution < -0.4 is 5.32 Å². The molecule has 2 aliphatic rings. The molecule has 2 saturated heterocycles. The van der Waals surface area contributed by atoms with Crippen LogP contribution in [0.25, 0.3) is 0 Å². The smallest absolute Gasteiger partial charge is 0.289 e. The molecule has 0 spiro atoms. The molecule has 0 unspecified atom stereocenters. The zero-order chi connectivity index (χ0) is 20.1. The molecule has 2 aliphatic heterocycles. The molecular formula is C21H32N4O3. The number of unbranched alkanes of at least 4 members (excludes halogenated alkanes) is 2. The largest absolute Gasteiger partial charge is 0.459 e. The summed E-state index contributed by atoms with van der Waals surface area (Å²) in [7, 11) is 0. The normalized spacial score (nSPS) is 19.9. The lowest BCUT2D eigenvalue weighted by Crippen LogP contribution is -2.51. The molecule has 3 rings (SSSR count). The van der Waals surface area contributed by atoms with Gasteiger partial charge in [-0.3, -0.25) is 19.9 Å². The molecule has 1 aromatic rings. The van der Waals surface area contributed by atoms with Gasteiger partial charge in [0.1, 0.15) is 5.54 Å².